The number of rotatable bonds is 7. The van der Waals surface area contributed by atoms with Crippen molar-refractivity contribution in [2.24, 2.45) is 0 Å². The van der Waals surface area contributed by atoms with Gasteiger partial charge in [0.05, 0.1) is 16.6 Å². The average molecular weight is 564 g/mol. The van der Waals surface area contributed by atoms with Crippen molar-refractivity contribution >= 4 is 15.7 Å². The summed E-state index contributed by atoms with van der Waals surface area (Å²) < 4.78 is 64.7. The number of carbonyl (C=O) groups is 1. The Balaban J connectivity index is 1.71. The summed E-state index contributed by atoms with van der Waals surface area (Å²) in [6.45, 7) is 2.87. The highest BCUT2D eigenvalue weighted by Crippen LogP contribution is 2.30. The minimum absolute atomic E-state index is 0.00655. The van der Waals surface area contributed by atoms with E-state index in [1.54, 1.807) is 6.92 Å². The van der Waals surface area contributed by atoms with Gasteiger partial charge in [-0.15, -0.1) is 0 Å². The first-order chi connectivity index (χ1) is 18.2. The van der Waals surface area contributed by atoms with Crippen LogP contribution in [0.4, 0.5) is 13.2 Å². The third kappa shape index (κ3) is 6.57. The second-order valence-corrected chi connectivity index (χ2v) is 11.6. The second kappa shape index (κ2) is 10.9. The van der Waals surface area contributed by atoms with Crippen LogP contribution < -0.4 is 10.9 Å². The number of nitrogens with one attached hydrogen (secondary N) is 1. The number of benzene rings is 2. The molecule has 2 aromatic carbocycles. The van der Waals surface area contributed by atoms with Gasteiger partial charge in [-0.25, -0.2) is 8.42 Å². The zero-order chi connectivity index (χ0) is 28.5. The van der Waals surface area contributed by atoms with Gasteiger partial charge in [0.25, 0.3) is 11.5 Å². The molecular formula is C27H28F3N3O5S. The van der Waals surface area contributed by atoms with Crippen LogP contribution in [0.25, 0.3) is 5.69 Å². The molecule has 39 heavy (non-hydrogen) atoms. The summed E-state index contributed by atoms with van der Waals surface area (Å²) in [6.07, 6.45) is -3.48. The van der Waals surface area contributed by atoms with Gasteiger partial charge in [-0.05, 0) is 60.9 Å². The molecule has 1 aliphatic rings. The van der Waals surface area contributed by atoms with Crippen LogP contribution in [-0.2, 0) is 29.1 Å². The van der Waals surface area contributed by atoms with E-state index in [2.05, 4.69) is 5.32 Å². The smallest absolute Gasteiger partial charge is 0.392 e. The SMILES string of the molecule is Cc1c(CN2CCC(O)C2)cc(C(=O)NCc2ccc(S(C)(=O)=O)cc2)c(=O)n1-c1cccc(C(F)(F)F)c1. The molecule has 0 spiro atoms. The fraction of sp³-hybridized carbons (Fsp3) is 0.333. The zero-order valence-electron chi connectivity index (χ0n) is 21.3. The van der Waals surface area contributed by atoms with E-state index in [1.165, 1.54) is 42.5 Å². The average Bonchev–Trinajstić information content (AvgIpc) is 3.28. The van der Waals surface area contributed by atoms with E-state index >= 15 is 0 Å². The van der Waals surface area contributed by atoms with E-state index < -0.39 is 39.1 Å². The summed E-state index contributed by atoms with van der Waals surface area (Å²) in [5, 5.41) is 12.6. The number of aliphatic hydroxyl groups excluding tert-OH is 1. The molecule has 8 nitrogen and oxygen atoms in total. The van der Waals surface area contributed by atoms with Gasteiger partial charge < -0.3 is 10.4 Å². The van der Waals surface area contributed by atoms with Crippen molar-refractivity contribution in [1.82, 2.24) is 14.8 Å². The normalized spacial score (nSPS) is 16.4. The van der Waals surface area contributed by atoms with Gasteiger partial charge in [-0.2, -0.15) is 13.2 Å². The van der Waals surface area contributed by atoms with E-state index in [0.29, 0.717) is 36.3 Å². The lowest BCUT2D eigenvalue weighted by atomic mass is 10.1. The van der Waals surface area contributed by atoms with Gasteiger partial charge in [-0.1, -0.05) is 18.2 Å². The maximum Gasteiger partial charge on any atom is 0.416 e. The molecule has 1 fully saturated rings. The fourth-order valence-corrected chi connectivity index (χ4v) is 5.17. The molecule has 1 atom stereocenters. The first kappa shape index (κ1) is 28.5. The third-order valence-corrected chi connectivity index (χ3v) is 7.80. The number of alkyl halides is 3. The molecule has 1 unspecified atom stereocenters. The Morgan fingerprint density at radius 3 is 2.41 bits per heavy atom. The Morgan fingerprint density at radius 1 is 1.13 bits per heavy atom. The fourth-order valence-electron chi connectivity index (χ4n) is 4.54. The number of nitrogens with zero attached hydrogens (tertiary/aromatic N) is 2. The molecule has 0 radical (unpaired) electrons. The summed E-state index contributed by atoms with van der Waals surface area (Å²) in [5.74, 6) is -0.726. The van der Waals surface area contributed by atoms with Crippen molar-refractivity contribution in [3.63, 3.8) is 0 Å². The number of likely N-dealkylation sites (tertiary alicyclic amines) is 1. The number of sulfone groups is 1. The van der Waals surface area contributed by atoms with Crippen LogP contribution in [0, 0.1) is 6.92 Å². The molecule has 1 aliphatic heterocycles. The van der Waals surface area contributed by atoms with Crippen LogP contribution >= 0.6 is 0 Å². The topological polar surface area (TPSA) is 109 Å². The van der Waals surface area contributed by atoms with Crippen molar-refractivity contribution in [1.29, 1.82) is 0 Å². The van der Waals surface area contributed by atoms with E-state index in [0.717, 1.165) is 23.0 Å². The number of hydrogen-bond donors (Lipinski definition) is 2. The van der Waals surface area contributed by atoms with Crippen molar-refractivity contribution in [2.75, 3.05) is 19.3 Å². The maximum atomic E-state index is 13.5. The summed E-state index contributed by atoms with van der Waals surface area (Å²) in [5.41, 5.74) is -0.448. The largest absolute Gasteiger partial charge is 0.416 e. The van der Waals surface area contributed by atoms with E-state index in [9.17, 15) is 36.3 Å². The lowest BCUT2D eigenvalue weighted by Crippen LogP contribution is -2.35. The number of aromatic nitrogens is 1. The number of carbonyl (C=O) groups excluding carboxylic acids is 1. The monoisotopic (exact) mass is 563 g/mol. The standard InChI is InChI=1S/C27H28F3N3O5S/c1-17-19(15-32-11-10-22(34)16-32)12-24(25(35)31-14-18-6-8-23(9-7-18)39(2,37)38)26(36)33(17)21-5-3-4-20(13-21)27(28,29)30/h3-9,12-13,22,34H,10-11,14-16H2,1-2H3,(H,31,35). The molecule has 0 bridgehead atoms. The third-order valence-electron chi connectivity index (χ3n) is 6.67. The zero-order valence-corrected chi connectivity index (χ0v) is 22.1. The Morgan fingerprint density at radius 2 is 1.82 bits per heavy atom. The summed E-state index contributed by atoms with van der Waals surface area (Å²) >= 11 is 0. The molecule has 2 N–H and O–H groups in total. The highest BCUT2D eigenvalue weighted by Gasteiger charge is 2.31. The molecule has 3 aromatic rings. The van der Waals surface area contributed by atoms with E-state index in [-0.39, 0.29) is 29.2 Å². The van der Waals surface area contributed by atoms with E-state index in [1.807, 2.05) is 4.90 Å². The summed E-state index contributed by atoms with van der Waals surface area (Å²) in [4.78, 5) is 28.7. The van der Waals surface area contributed by atoms with Gasteiger partial charge in [0.2, 0.25) is 0 Å². The maximum absolute atomic E-state index is 13.5. The van der Waals surface area contributed by atoms with Crippen LogP contribution in [0.2, 0.25) is 0 Å². The number of pyridine rings is 1. The second-order valence-electron chi connectivity index (χ2n) is 9.63. The Kier molecular flexibility index (Phi) is 8.01. The Hall–Kier alpha value is -3.48. The highest BCUT2D eigenvalue weighted by atomic mass is 32.2. The van der Waals surface area contributed by atoms with Crippen molar-refractivity contribution < 1.29 is 31.5 Å². The van der Waals surface area contributed by atoms with Crippen LogP contribution in [-0.4, -0.2) is 54.3 Å². The van der Waals surface area contributed by atoms with Gasteiger partial charge in [0.1, 0.15) is 5.56 Å². The summed E-state index contributed by atoms with van der Waals surface area (Å²) in [7, 11) is -3.39. The molecule has 4 rings (SSSR count). The van der Waals surface area contributed by atoms with Crippen molar-refractivity contribution in [3.8, 4) is 5.69 Å². The first-order valence-corrected chi connectivity index (χ1v) is 14.0. The van der Waals surface area contributed by atoms with E-state index in [4.69, 9.17) is 0 Å². The predicted molar refractivity (Wildman–Crippen MR) is 138 cm³/mol. The van der Waals surface area contributed by atoms with Crippen LogP contribution in [0.1, 0.15) is 39.2 Å². The van der Waals surface area contributed by atoms with Crippen LogP contribution in [0.5, 0.6) is 0 Å². The molecule has 0 aliphatic carbocycles. The Bertz CT molecular complexity index is 1550. The lowest BCUT2D eigenvalue weighted by Gasteiger charge is -2.21. The van der Waals surface area contributed by atoms with Gasteiger partial charge in [-0.3, -0.25) is 19.1 Å². The molecule has 2 heterocycles. The van der Waals surface area contributed by atoms with Gasteiger partial charge >= 0.3 is 6.18 Å². The van der Waals surface area contributed by atoms with Crippen LogP contribution in [0.3, 0.4) is 0 Å². The van der Waals surface area contributed by atoms with Crippen molar-refractivity contribution in [2.45, 2.75) is 43.6 Å². The van der Waals surface area contributed by atoms with Gasteiger partial charge in [0.15, 0.2) is 9.84 Å². The molecule has 208 valence electrons. The molecule has 0 saturated carbocycles. The first-order valence-electron chi connectivity index (χ1n) is 12.1. The molecule has 1 saturated heterocycles. The number of β-amino-alcohol motifs (C(OH)–C–C–N with tert-alkyl or cyclic N) is 1. The predicted octanol–water partition coefficient (Wildman–Crippen LogP) is 3.06. The molecular weight excluding hydrogens is 535 g/mol. The minimum atomic E-state index is -4.62. The molecule has 12 heteroatoms. The Labute approximate surface area is 223 Å². The minimum Gasteiger partial charge on any atom is -0.392 e. The molecule has 1 aromatic heterocycles. The highest BCUT2D eigenvalue weighted by molar-refractivity contribution is 7.90. The summed E-state index contributed by atoms with van der Waals surface area (Å²) in [6, 6.07) is 11.7. The van der Waals surface area contributed by atoms with Gasteiger partial charge in [0, 0.05) is 43.8 Å². The number of amides is 1. The number of hydrogen-bond acceptors (Lipinski definition) is 6. The molecule has 1 amide bonds. The number of aliphatic hydroxyl groups is 1. The lowest BCUT2D eigenvalue weighted by molar-refractivity contribution is -0.137. The van der Waals surface area contributed by atoms with Crippen molar-refractivity contribution in [3.05, 3.63) is 92.9 Å². The number of halogens is 3. The quantitative estimate of drug-likeness (QED) is 0.458. The van der Waals surface area contributed by atoms with Crippen LogP contribution in [0.15, 0.2) is 64.3 Å².